The van der Waals surface area contributed by atoms with Gasteiger partial charge >= 0.3 is 0 Å². The van der Waals surface area contributed by atoms with E-state index in [1.807, 2.05) is 11.3 Å². The van der Waals surface area contributed by atoms with Crippen LogP contribution >= 0.6 is 11.3 Å². The van der Waals surface area contributed by atoms with Gasteiger partial charge in [0.25, 0.3) is 0 Å². The lowest BCUT2D eigenvalue weighted by Gasteiger charge is -2.41. The molecule has 1 aromatic heterocycles. The summed E-state index contributed by atoms with van der Waals surface area (Å²) in [5.74, 6) is 0. The molecule has 1 N–H and O–H groups in total. The van der Waals surface area contributed by atoms with Crippen LogP contribution in [-0.4, -0.2) is 71.7 Å². The lowest BCUT2D eigenvalue weighted by Crippen LogP contribution is -2.52. The van der Waals surface area contributed by atoms with E-state index in [0.717, 1.165) is 45.7 Å². The largest absolute Gasteiger partial charge is 0.396 e. The summed E-state index contributed by atoms with van der Waals surface area (Å²) in [6.45, 7) is 13.6. The van der Waals surface area contributed by atoms with Gasteiger partial charge in [0, 0.05) is 61.7 Å². The lowest BCUT2D eigenvalue weighted by atomic mass is 10.1. The van der Waals surface area contributed by atoms with Gasteiger partial charge in [-0.2, -0.15) is 0 Å². The number of piperazine rings is 1. The quantitative estimate of drug-likeness (QED) is 0.705. The molecule has 2 aliphatic rings. The van der Waals surface area contributed by atoms with Gasteiger partial charge < -0.3 is 5.11 Å². The molecule has 0 saturated carbocycles. The maximum absolute atomic E-state index is 9.47. The molecule has 1 unspecified atom stereocenters. The minimum absolute atomic E-state index is 0.281. The van der Waals surface area contributed by atoms with Crippen molar-refractivity contribution in [3.63, 3.8) is 0 Å². The van der Waals surface area contributed by atoms with Gasteiger partial charge in [-0.05, 0) is 58.3 Å². The van der Waals surface area contributed by atoms with Gasteiger partial charge in [-0.3, -0.25) is 14.7 Å². The SMILES string of the molecule is CC(C)=CCN1CCN(Cc2ccc(CN3CCCC3)s2)CC1CCO. The van der Waals surface area contributed by atoms with E-state index in [2.05, 4.69) is 46.8 Å². The Labute approximate surface area is 163 Å². The summed E-state index contributed by atoms with van der Waals surface area (Å²) in [6, 6.07) is 5.12. The Morgan fingerprint density at radius 1 is 1.08 bits per heavy atom. The molecule has 5 heteroatoms. The molecule has 26 heavy (non-hydrogen) atoms. The number of nitrogens with zero attached hydrogens (tertiary/aromatic N) is 3. The zero-order chi connectivity index (χ0) is 18.4. The fourth-order valence-corrected chi connectivity index (χ4v) is 5.14. The first-order valence-electron chi connectivity index (χ1n) is 10.1. The third-order valence-corrected chi connectivity index (χ3v) is 6.61. The molecule has 2 fully saturated rings. The van der Waals surface area contributed by atoms with Crippen LogP contribution in [0, 0.1) is 0 Å². The zero-order valence-electron chi connectivity index (χ0n) is 16.5. The predicted octanol–water partition coefficient (Wildman–Crippen LogP) is 3.18. The third kappa shape index (κ3) is 5.89. The Morgan fingerprint density at radius 3 is 2.42 bits per heavy atom. The summed E-state index contributed by atoms with van der Waals surface area (Å²) >= 11 is 1.99. The average molecular weight is 378 g/mol. The molecule has 2 aliphatic heterocycles. The molecule has 146 valence electrons. The Kier molecular flexibility index (Phi) is 7.70. The monoisotopic (exact) mass is 377 g/mol. The minimum atomic E-state index is 0.281. The van der Waals surface area contributed by atoms with Crippen LogP contribution in [-0.2, 0) is 13.1 Å². The summed E-state index contributed by atoms with van der Waals surface area (Å²) in [6.07, 6.45) is 5.91. The van der Waals surface area contributed by atoms with E-state index in [1.165, 1.54) is 41.3 Å². The predicted molar refractivity (Wildman–Crippen MR) is 111 cm³/mol. The highest BCUT2D eigenvalue weighted by Crippen LogP contribution is 2.23. The average Bonchev–Trinajstić information content (AvgIpc) is 3.27. The van der Waals surface area contributed by atoms with E-state index in [4.69, 9.17) is 0 Å². The topological polar surface area (TPSA) is 30.0 Å². The van der Waals surface area contributed by atoms with Gasteiger partial charge in [0.15, 0.2) is 0 Å². The van der Waals surface area contributed by atoms with E-state index >= 15 is 0 Å². The first kappa shape index (κ1) is 20.0. The fourth-order valence-electron chi connectivity index (χ4n) is 4.04. The fraction of sp³-hybridized carbons (Fsp3) is 0.714. The minimum Gasteiger partial charge on any atom is -0.396 e. The highest BCUT2D eigenvalue weighted by molar-refractivity contribution is 7.11. The first-order chi connectivity index (χ1) is 12.6. The van der Waals surface area contributed by atoms with Crippen molar-refractivity contribution >= 4 is 11.3 Å². The van der Waals surface area contributed by atoms with Crippen molar-refractivity contribution in [3.05, 3.63) is 33.5 Å². The van der Waals surface area contributed by atoms with E-state index in [0.29, 0.717) is 6.04 Å². The molecule has 0 spiro atoms. The van der Waals surface area contributed by atoms with Gasteiger partial charge in [0.05, 0.1) is 0 Å². The number of hydrogen-bond acceptors (Lipinski definition) is 5. The molecule has 2 saturated heterocycles. The first-order valence-corrected chi connectivity index (χ1v) is 11.0. The van der Waals surface area contributed by atoms with Gasteiger partial charge in [-0.15, -0.1) is 11.3 Å². The van der Waals surface area contributed by atoms with Crippen molar-refractivity contribution in [2.45, 2.75) is 52.2 Å². The van der Waals surface area contributed by atoms with E-state index < -0.39 is 0 Å². The highest BCUT2D eigenvalue weighted by atomic mass is 32.1. The molecule has 1 atom stereocenters. The van der Waals surface area contributed by atoms with Gasteiger partial charge in [-0.1, -0.05) is 11.6 Å². The van der Waals surface area contributed by atoms with Crippen molar-refractivity contribution in [2.24, 2.45) is 0 Å². The van der Waals surface area contributed by atoms with Crippen LogP contribution in [0.5, 0.6) is 0 Å². The number of aliphatic hydroxyl groups excluding tert-OH is 1. The molecule has 1 aromatic rings. The van der Waals surface area contributed by atoms with Crippen molar-refractivity contribution in [1.29, 1.82) is 0 Å². The number of aliphatic hydroxyl groups is 1. The molecule has 0 amide bonds. The van der Waals surface area contributed by atoms with Gasteiger partial charge in [0.1, 0.15) is 0 Å². The number of likely N-dealkylation sites (tertiary alicyclic amines) is 1. The van der Waals surface area contributed by atoms with Crippen LogP contribution in [0.1, 0.15) is 42.9 Å². The normalized spacial score (nSPS) is 22.8. The molecule has 0 bridgehead atoms. The van der Waals surface area contributed by atoms with Crippen molar-refractivity contribution < 1.29 is 5.11 Å². The Morgan fingerprint density at radius 2 is 1.77 bits per heavy atom. The summed E-state index contributed by atoms with van der Waals surface area (Å²) in [7, 11) is 0. The molecule has 0 aliphatic carbocycles. The van der Waals surface area contributed by atoms with Crippen molar-refractivity contribution in [3.8, 4) is 0 Å². The number of hydrogen-bond donors (Lipinski definition) is 1. The van der Waals surface area contributed by atoms with Crippen molar-refractivity contribution in [1.82, 2.24) is 14.7 Å². The van der Waals surface area contributed by atoms with Gasteiger partial charge in [0.2, 0.25) is 0 Å². The maximum Gasteiger partial charge on any atom is 0.0446 e. The van der Waals surface area contributed by atoms with Crippen LogP contribution in [0.4, 0.5) is 0 Å². The van der Waals surface area contributed by atoms with E-state index in [9.17, 15) is 5.11 Å². The summed E-state index contributed by atoms with van der Waals surface area (Å²) < 4.78 is 0. The van der Waals surface area contributed by atoms with Crippen LogP contribution in [0.2, 0.25) is 0 Å². The summed E-state index contributed by atoms with van der Waals surface area (Å²) in [4.78, 5) is 10.7. The van der Waals surface area contributed by atoms with Crippen LogP contribution in [0.25, 0.3) is 0 Å². The summed E-state index contributed by atoms with van der Waals surface area (Å²) in [5.41, 5.74) is 1.37. The number of thiophene rings is 1. The van der Waals surface area contributed by atoms with Crippen LogP contribution in [0.3, 0.4) is 0 Å². The van der Waals surface area contributed by atoms with Crippen LogP contribution in [0.15, 0.2) is 23.8 Å². The summed E-state index contributed by atoms with van der Waals surface area (Å²) in [5, 5.41) is 9.47. The van der Waals surface area contributed by atoms with Crippen LogP contribution < -0.4 is 0 Å². The smallest absolute Gasteiger partial charge is 0.0446 e. The third-order valence-electron chi connectivity index (χ3n) is 5.56. The standard InChI is InChI=1S/C21H35N3OS/c1-18(2)7-11-24-13-12-23(15-19(24)8-14-25)17-21-6-5-20(26-21)16-22-9-3-4-10-22/h5-7,19,25H,3-4,8-17H2,1-2H3. The molecular weight excluding hydrogens is 342 g/mol. The molecule has 3 rings (SSSR count). The Balaban J connectivity index is 1.52. The molecule has 3 heterocycles. The molecule has 0 radical (unpaired) electrons. The second-order valence-corrected chi connectivity index (χ2v) is 9.28. The Bertz CT molecular complexity index is 576. The number of allylic oxidation sites excluding steroid dienone is 1. The van der Waals surface area contributed by atoms with E-state index in [1.54, 1.807) is 0 Å². The van der Waals surface area contributed by atoms with Gasteiger partial charge in [-0.25, -0.2) is 0 Å². The second kappa shape index (κ2) is 10.00. The van der Waals surface area contributed by atoms with E-state index in [-0.39, 0.29) is 6.61 Å². The Hall–Kier alpha value is -0.720. The zero-order valence-corrected chi connectivity index (χ0v) is 17.3. The lowest BCUT2D eigenvalue weighted by molar-refractivity contribution is 0.0642. The highest BCUT2D eigenvalue weighted by Gasteiger charge is 2.26. The molecule has 4 nitrogen and oxygen atoms in total. The molecular formula is C21H35N3OS. The maximum atomic E-state index is 9.47. The van der Waals surface area contributed by atoms with Crippen molar-refractivity contribution in [2.75, 3.05) is 45.9 Å². The number of rotatable bonds is 8. The second-order valence-electron chi connectivity index (χ2n) is 8.03. The molecule has 0 aromatic carbocycles.